The molecule has 8 heteroatoms. The van der Waals surface area contributed by atoms with E-state index in [2.05, 4.69) is 0 Å². The van der Waals surface area contributed by atoms with Gasteiger partial charge in [-0.15, -0.1) is 0 Å². The minimum absolute atomic E-state index is 0.0898. The summed E-state index contributed by atoms with van der Waals surface area (Å²) < 4.78 is 28.0. The molecule has 35 heavy (non-hydrogen) atoms. The van der Waals surface area contributed by atoms with E-state index in [1.165, 1.54) is 18.2 Å². The van der Waals surface area contributed by atoms with E-state index in [0.717, 1.165) is 10.5 Å². The number of halogens is 2. The molecule has 2 atom stereocenters. The van der Waals surface area contributed by atoms with Crippen molar-refractivity contribution in [2.45, 2.75) is 25.4 Å². The standard InChI is InChI=1S/C27H23F2NO5/c28-21-6-3-7-22(29)24(21)17-11-8-16(9-12-17)10-13-23(31)20(27(34)35)14-15-30-25(32)18-4-1-2-5-19(18)26(30)33/h1-9,11-12,20,23,31H,10,13-15H2,(H,34,35). The Hall–Kier alpha value is -3.91. The van der Waals surface area contributed by atoms with Crippen LogP contribution in [0.1, 0.15) is 39.1 Å². The van der Waals surface area contributed by atoms with Crippen molar-refractivity contribution in [3.8, 4) is 11.1 Å². The first kappa shape index (κ1) is 24.2. The molecule has 0 aromatic heterocycles. The average molecular weight is 479 g/mol. The van der Waals surface area contributed by atoms with Crippen LogP contribution in [0.2, 0.25) is 0 Å². The van der Waals surface area contributed by atoms with E-state index in [0.29, 0.717) is 12.0 Å². The molecule has 2 N–H and O–H groups in total. The van der Waals surface area contributed by atoms with E-state index in [1.807, 2.05) is 0 Å². The molecule has 0 spiro atoms. The number of carboxylic acids is 1. The summed E-state index contributed by atoms with van der Waals surface area (Å²) in [7, 11) is 0. The number of carboxylic acid groups (broad SMARTS) is 1. The van der Waals surface area contributed by atoms with Crippen LogP contribution in [0.15, 0.2) is 66.7 Å². The molecular formula is C27H23F2NO5. The highest BCUT2D eigenvalue weighted by Crippen LogP contribution is 2.27. The number of aliphatic carboxylic acids is 1. The fourth-order valence-electron chi connectivity index (χ4n) is 4.32. The lowest BCUT2D eigenvalue weighted by Gasteiger charge is -2.22. The molecule has 0 aliphatic carbocycles. The first-order chi connectivity index (χ1) is 16.8. The minimum Gasteiger partial charge on any atom is -0.481 e. The summed E-state index contributed by atoms with van der Waals surface area (Å²) in [5, 5.41) is 20.2. The lowest BCUT2D eigenvalue weighted by atomic mass is 9.93. The third kappa shape index (κ3) is 4.97. The van der Waals surface area contributed by atoms with Gasteiger partial charge in [-0.2, -0.15) is 0 Å². The van der Waals surface area contributed by atoms with Gasteiger partial charge in [0.2, 0.25) is 0 Å². The number of fused-ring (bicyclic) bond motifs is 1. The summed E-state index contributed by atoms with van der Waals surface area (Å²) in [5.41, 5.74) is 1.56. The van der Waals surface area contributed by atoms with Gasteiger partial charge in [0.1, 0.15) is 11.6 Å². The van der Waals surface area contributed by atoms with Crippen molar-refractivity contribution in [1.82, 2.24) is 4.90 Å². The summed E-state index contributed by atoms with van der Waals surface area (Å²) in [5.74, 6) is -4.69. The van der Waals surface area contributed by atoms with E-state index >= 15 is 0 Å². The Morgan fingerprint density at radius 2 is 1.40 bits per heavy atom. The molecule has 3 aromatic carbocycles. The smallest absolute Gasteiger partial charge is 0.309 e. The Kier molecular flexibility index (Phi) is 7.02. The number of hydrogen-bond donors (Lipinski definition) is 2. The van der Waals surface area contributed by atoms with Gasteiger partial charge in [-0.3, -0.25) is 19.3 Å². The quantitative estimate of drug-likeness (QED) is 0.446. The summed E-state index contributed by atoms with van der Waals surface area (Å²) >= 11 is 0. The number of imide groups is 1. The zero-order valence-corrected chi connectivity index (χ0v) is 18.7. The summed E-state index contributed by atoms with van der Waals surface area (Å²) in [6, 6.07) is 16.5. The van der Waals surface area contributed by atoms with Gasteiger partial charge in [0.25, 0.3) is 11.8 Å². The van der Waals surface area contributed by atoms with Crippen molar-refractivity contribution in [3.05, 3.63) is 95.1 Å². The maximum absolute atomic E-state index is 14.0. The zero-order valence-electron chi connectivity index (χ0n) is 18.7. The van der Waals surface area contributed by atoms with Gasteiger partial charge >= 0.3 is 5.97 Å². The minimum atomic E-state index is -1.22. The van der Waals surface area contributed by atoms with Gasteiger partial charge in [0, 0.05) is 6.54 Å². The predicted octanol–water partition coefficient (Wildman–Crippen LogP) is 4.31. The van der Waals surface area contributed by atoms with Crippen molar-refractivity contribution in [2.24, 2.45) is 5.92 Å². The monoisotopic (exact) mass is 479 g/mol. The molecule has 1 aliphatic heterocycles. The number of hydrogen-bond acceptors (Lipinski definition) is 4. The van der Waals surface area contributed by atoms with E-state index in [1.54, 1.807) is 48.5 Å². The summed E-state index contributed by atoms with van der Waals surface area (Å²) in [6.07, 6.45) is -0.857. The van der Waals surface area contributed by atoms with E-state index in [9.17, 15) is 33.4 Å². The molecule has 2 unspecified atom stereocenters. The maximum atomic E-state index is 14.0. The lowest BCUT2D eigenvalue weighted by Crippen LogP contribution is -2.36. The molecule has 0 radical (unpaired) electrons. The summed E-state index contributed by atoms with van der Waals surface area (Å²) in [6.45, 7) is -0.122. The number of carbonyl (C=O) groups is 3. The molecule has 1 aliphatic rings. The highest BCUT2D eigenvalue weighted by Gasteiger charge is 2.36. The van der Waals surface area contributed by atoms with Gasteiger partial charge in [-0.05, 0) is 54.7 Å². The molecule has 0 bridgehead atoms. The predicted molar refractivity (Wildman–Crippen MR) is 124 cm³/mol. The van der Waals surface area contributed by atoms with Crippen LogP contribution in [0.3, 0.4) is 0 Å². The van der Waals surface area contributed by atoms with Crippen LogP contribution in [-0.2, 0) is 11.2 Å². The molecule has 0 fully saturated rings. The topological polar surface area (TPSA) is 94.9 Å². The molecule has 3 aromatic rings. The fraction of sp³-hybridized carbons (Fsp3) is 0.222. The Bertz CT molecular complexity index is 1220. The number of aliphatic hydroxyl groups excluding tert-OH is 1. The first-order valence-electron chi connectivity index (χ1n) is 11.2. The molecule has 2 amide bonds. The van der Waals surface area contributed by atoms with Gasteiger partial charge < -0.3 is 10.2 Å². The molecular weight excluding hydrogens is 456 g/mol. The average Bonchev–Trinajstić information content (AvgIpc) is 3.08. The van der Waals surface area contributed by atoms with Crippen LogP contribution in [0.5, 0.6) is 0 Å². The van der Waals surface area contributed by atoms with Crippen molar-refractivity contribution >= 4 is 17.8 Å². The second kappa shape index (κ2) is 10.1. The molecule has 4 rings (SSSR count). The number of benzene rings is 3. The van der Waals surface area contributed by atoms with Crippen molar-refractivity contribution in [3.63, 3.8) is 0 Å². The van der Waals surface area contributed by atoms with Gasteiger partial charge in [0.15, 0.2) is 0 Å². The van der Waals surface area contributed by atoms with Crippen LogP contribution < -0.4 is 0 Å². The Morgan fingerprint density at radius 3 is 1.94 bits per heavy atom. The maximum Gasteiger partial charge on any atom is 0.309 e. The SMILES string of the molecule is O=C(O)C(CCN1C(=O)c2ccccc2C1=O)C(O)CCc1ccc(-c2c(F)cccc2F)cc1. The van der Waals surface area contributed by atoms with Crippen molar-refractivity contribution < 1.29 is 33.4 Å². The van der Waals surface area contributed by atoms with E-state index in [4.69, 9.17) is 0 Å². The highest BCUT2D eigenvalue weighted by atomic mass is 19.1. The third-order valence-electron chi connectivity index (χ3n) is 6.26. The van der Waals surface area contributed by atoms with Crippen LogP contribution in [0.25, 0.3) is 11.1 Å². The highest BCUT2D eigenvalue weighted by molar-refractivity contribution is 6.21. The third-order valence-corrected chi connectivity index (χ3v) is 6.26. The Morgan fingerprint density at radius 1 is 0.829 bits per heavy atom. The second-order valence-corrected chi connectivity index (χ2v) is 8.44. The summed E-state index contributed by atoms with van der Waals surface area (Å²) in [4.78, 5) is 37.8. The second-order valence-electron chi connectivity index (χ2n) is 8.44. The van der Waals surface area contributed by atoms with Crippen molar-refractivity contribution in [2.75, 3.05) is 6.54 Å². The number of nitrogens with zero attached hydrogens (tertiary/aromatic N) is 1. The number of aliphatic hydroxyl groups is 1. The lowest BCUT2D eigenvalue weighted by molar-refractivity contribution is -0.146. The van der Waals surface area contributed by atoms with Gasteiger partial charge in [0.05, 0.1) is 28.7 Å². The molecule has 0 saturated heterocycles. The number of amides is 2. The molecule has 180 valence electrons. The van der Waals surface area contributed by atoms with Crippen LogP contribution in [0.4, 0.5) is 8.78 Å². The molecule has 6 nitrogen and oxygen atoms in total. The fourth-order valence-corrected chi connectivity index (χ4v) is 4.32. The molecule has 0 saturated carbocycles. The Balaban J connectivity index is 1.36. The van der Waals surface area contributed by atoms with Crippen LogP contribution in [-0.4, -0.2) is 45.5 Å². The number of aryl methyl sites for hydroxylation is 1. The van der Waals surface area contributed by atoms with Gasteiger partial charge in [-0.25, -0.2) is 8.78 Å². The van der Waals surface area contributed by atoms with E-state index < -0.39 is 41.4 Å². The largest absolute Gasteiger partial charge is 0.481 e. The van der Waals surface area contributed by atoms with Crippen LogP contribution >= 0.6 is 0 Å². The Labute approximate surface area is 200 Å². The molecule has 1 heterocycles. The first-order valence-corrected chi connectivity index (χ1v) is 11.2. The normalized spacial score (nSPS) is 14.7. The van der Waals surface area contributed by atoms with Crippen LogP contribution in [0, 0.1) is 17.6 Å². The zero-order chi connectivity index (χ0) is 25.1. The van der Waals surface area contributed by atoms with E-state index in [-0.39, 0.29) is 36.1 Å². The number of carbonyl (C=O) groups excluding carboxylic acids is 2. The van der Waals surface area contributed by atoms with Gasteiger partial charge in [-0.1, -0.05) is 42.5 Å². The number of rotatable bonds is 9. The van der Waals surface area contributed by atoms with Crippen molar-refractivity contribution in [1.29, 1.82) is 0 Å².